The van der Waals surface area contributed by atoms with E-state index in [4.69, 9.17) is 0 Å². The summed E-state index contributed by atoms with van der Waals surface area (Å²) < 4.78 is 0. The first kappa shape index (κ1) is 10.6. The molecule has 5 nitrogen and oxygen atoms in total. The first-order chi connectivity index (χ1) is 7.15. The number of amides is 2. The van der Waals surface area contributed by atoms with Gasteiger partial charge in [-0.25, -0.2) is 0 Å². The molecule has 2 amide bonds. The summed E-state index contributed by atoms with van der Waals surface area (Å²) in [6.45, 7) is 2.08. The van der Waals surface area contributed by atoms with Crippen LogP contribution in [0.1, 0.15) is 19.3 Å². The fourth-order valence-corrected chi connectivity index (χ4v) is 2.28. The molecule has 2 N–H and O–H groups in total. The van der Waals surface area contributed by atoms with E-state index >= 15 is 0 Å². The van der Waals surface area contributed by atoms with Gasteiger partial charge in [-0.3, -0.25) is 14.9 Å². The Labute approximate surface area is 89.2 Å². The molecule has 0 spiro atoms. The Morgan fingerprint density at radius 1 is 1.47 bits per heavy atom. The molecule has 2 aliphatic rings. The zero-order chi connectivity index (χ0) is 10.8. The van der Waals surface area contributed by atoms with Crippen LogP contribution in [0.25, 0.3) is 0 Å². The molecule has 2 fully saturated rings. The van der Waals surface area contributed by atoms with Crippen molar-refractivity contribution in [1.82, 2.24) is 15.5 Å². The second-order valence-electron chi connectivity index (χ2n) is 4.44. The first-order valence-electron chi connectivity index (χ1n) is 5.43. The Hall–Kier alpha value is -0.940. The van der Waals surface area contributed by atoms with Crippen molar-refractivity contribution in [3.63, 3.8) is 0 Å². The fraction of sp³-hybridized carbons (Fsp3) is 0.800. The number of carbonyl (C=O) groups excluding carboxylic acids is 2. The molecule has 0 radical (unpaired) electrons. The molecule has 15 heavy (non-hydrogen) atoms. The maximum atomic E-state index is 11.3. The molecule has 2 saturated heterocycles. The van der Waals surface area contributed by atoms with Gasteiger partial charge in [-0.1, -0.05) is 0 Å². The topological polar surface area (TPSA) is 61.4 Å². The van der Waals surface area contributed by atoms with Gasteiger partial charge in [0.15, 0.2) is 0 Å². The zero-order valence-electron chi connectivity index (χ0n) is 8.95. The van der Waals surface area contributed by atoms with Crippen LogP contribution in [-0.2, 0) is 9.59 Å². The molecule has 2 heterocycles. The van der Waals surface area contributed by atoms with Crippen molar-refractivity contribution in [3.05, 3.63) is 0 Å². The highest BCUT2D eigenvalue weighted by Gasteiger charge is 2.32. The quantitative estimate of drug-likeness (QED) is 0.580. The molecular formula is C10H17N3O2. The highest BCUT2D eigenvalue weighted by atomic mass is 16.2. The molecule has 0 aromatic rings. The molecule has 0 bridgehead atoms. The summed E-state index contributed by atoms with van der Waals surface area (Å²) in [6, 6.07) is 0.0272. The number of hydrogen-bond donors (Lipinski definition) is 2. The highest BCUT2D eigenvalue weighted by Crippen LogP contribution is 2.11. The molecule has 2 rings (SSSR count). The van der Waals surface area contributed by atoms with Crippen LogP contribution in [0.3, 0.4) is 0 Å². The van der Waals surface area contributed by atoms with E-state index in [0.29, 0.717) is 12.5 Å². The van der Waals surface area contributed by atoms with E-state index in [2.05, 4.69) is 22.6 Å². The lowest BCUT2D eigenvalue weighted by atomic mass is 10.0. The number of imide groups is 1. The smallest absolute Gasteiger partial charge is 0.244 e. The van der Waals surface area contributed by atoms with E-state index in [1.165, 1.54) is 0 Å². The van der Waals surface area contributed by atoms with Gasteiger partial charge in [-0.2, -0.15) is 0 Å². The summed E-state index contributed by atoms with van der Waals surface area (Å²) in [7, 11) is 2.08. The Morgan fingerprint density at radius 3 is 2.87 bits per heavy atom. The SMILES string of the molecule is CN1CCCC(NC2CC(=O)NC2=O)C1. The van der Waals surface area contributed by atoms with Crippen LogP contribution in [-0.4, -0.2) is 48.9 Å². The monoisotopic (exact) mass is 211 g/mol. The number of rotatable bonds is 2. The summed E-state index contributed by atoms with van der Waals surface area (Å²) in [6.07, 6.45) is 2.53. The number of hydrogen-bond acceptors (Lipinski definition) is 4. The van der Waals surface area contributed by atoms with Gasteiger partial charge in [0, 0.05) is 12.6 Å². The van der Waals surface area contributed by atoms with E-state index < -0.39 is 0 Å². The van der Waals surface area contributed by atoms with Crippen molar-refractivity contribution in [2.75, 3.05) is 20.1 Å². The van der Waals surface area contributed by atoms with Crippen molar-refractivity contribution < 1.29 is 9.59 Å². The molecule has 2 atom stereocenters. The standard InChI is InChI=1S/C10H17N3O2/c1-13-4-2-3-7(6-13)11-8-5-9(14)12-10(8)15/h7-8,11H,2-6H2,1H3,(H,12,14,15). The summed E-state index contributed by atoms with van der Waals surface area (Å²) in [5, 5.41) is 5.57. The van der Waals surface area contributed by atoms with Crippen molar-refractivity contribution >= 4 is 11.8 Å². The zero-order valence-corrected chi connectivity index (χ0v) is 8.95. The Balaban J connectivity index is 1.86. The van der Waals surface area contributed by atoms with Gasteiger partial charge < -0.3 is 10.2 Å². The number of carbonyl (C=O) groups is 2. The lowest BCUT2D eigenvalue weighted by Gasteiger charge is -2.31. The maximum Gasteiger partial charge on any atom is 0.244 e. The van der Waals surface area contributed by atoms with Gasteiger partial charge in [-0.15, -0.1) is 0 Å². The normalized spacial score (nSPS) is 33.1. The van der Waals surface area contributed by atoms with Crippen LogP contribution in [0.15, 0.2) is 0 Å². The van der Waals surface area contributed by atoms with E-state index in [9.17, 15) is 9.59 Å². The molecule has 5 heteroatoms. The summed E-state index contributed by atoms with van der Waals surface area (Å²) in [5.74, 6) is -0.338. The fourth-order valence-electron chi connectivity index (χ4n) is 2.28. The summed E-state index contributed by atoms with van der Waals surface area (Å²) in [5.41, 5.74) is 0. The Morgan fingerprint density at radius 2 is 2.27 bits per heavy atom. The van der Waals surface area contributed by atoms with Crippen LogP contribution >= 0.6 is 0 Å². The molecule has 0 aromatic heterocycles. The van der Waals surface area contributed by atoms with Gasteiger partial charge >= 0.3 is 0 Å². The van der Waals surface area contributed by atoms with E-state index in [-0.39, 0.29) is 17.9 Å². The lowest BCUT2D eigenvalue weighted by molar-refractivity contribution is -0.125. The second-order valence-corrected chi connectivity index (χ2v) is 4.44. The van der Waals surface area contributed by atoms with Crippen molar-refractivity contribution in [2.45, 2.75) is 31.3 Å². The van der Waals surface area contributed by atoms with Gasteiger partial charge in [0.2, 0.25) is 11.8 Å². The number of likely N-dealkylation sites (N-methyl/N-ethyl adjacent to an activating group) is 1. The molecule has 0 saturated carbocycles. The summed E-state index contributed by atoms with van der Waals surface area (Å²) in [4.78, 5) is 24.6. The molecule has 2 aliphatic heterocycles. The molecule has 2 unspecified atom stereocenters. The number of likely N-dealkylation sites (tertiary alicyclic amines) is 1. The van der Waals surface area contributed by atoms with E-state index in [1.807, 2.05) is 0 Å². The third-order valence-corrected chi connectivity index (χ3v) is 3.03. The third kappa shape index (κ3) is 2.54. The predicted molar refractivity (Wildman–Crippen MR) is 55.2 cm³/mol. The van der Waals surface area contributed by atoms with Gasteiger partial charge in [0.25, 0.3) is 0 Å². The number of nitrogens with zero attached hydrogens (tertiary/aromatic N) is 1. The van der Waals surface area contributed by atoms with Crippen molar-refractivity contribution in [3.8, 4) is 0 Å². The van der Waals surface area contributed by atoms with Crippen LogP contribution in [0.4, 0.5) is 0 Å². The van der Waals surface area contributed by atoms with Crippen LogP contribution < -0.4 is 10.6 Å². The van der Waals surface area contributed by atoms with Gasteiger partial charge in [0.05, 0.1) is 12.5 Å². The Bertz CT molecular complexity index is 280. The largest absolute Gasteiger partial charge is 0.305 e. The highest BCUT2D eigenvalue weighted by molar-refractivity contribution is 6.05. The first-order valence-corrected chi connectivity index (χ1v) is 5.43. The molecule has 0 aromatic carbocycles. The van der Waals surface area contributed by atoms with E-state index in [1.54, 1.807) is 0 Å². The molecule has 84 valence electrons. The van der Waals surface area contributed by atoms with Crippen molar-refractivity contribution in [1.29, 1.82) is 0 Å². The van der Waals surface area contributed by atoms with Crippen LogP contribution in [0, 0.1) is 0 Å². The third-order valence-electron chi connectivity index (χ3n) is 3.03. The van der Waals surface area contributed by atoms with Crippen molar-refractivity contribution in [2.24, 2.45) is 0 Å². The molecule has 0 aliphatic carbocycles. The predicted octanol–water partition coefficient (Wildman–Crippen LogP) is -0.915. The van der Waals surface area contributed by atoms with Crippen LogP contribution in [0.2, 0.25) is 0 Å². The minimum Gasteiger partial charge on any atom is -0.305 e. The summed E-state index contributed by atoms with van der Waals surface area (Å²) >= 11 is 0. The lowest BCUT2D eigenvalue weighted by Crippen LogP contribution is -2.49. The average molecular weight is 211 g/mol. The van der Waals surface area contributed by atoms with Gasteiger partial charge in [0.1, 0.15) is 0 Å². The van der Waals surface area contributed by atoms with E-state index in [0.717, 1.165) is 25.9 Å². The second kappa shape index (κ2) is 4.28. The number of piperidine rings is 1. The molecular weight excluding hydrogens is 194 g/mol. The Kier molecular flexibility index (Phi) is 3.02. The number of nitrogens with one attached hydrogen (secondary N) is 2. The van der Waals surface area contributed by atoms with Crippen LogP contribution in [0.5, 0.6) is 0 Å². The average Bonchev–Trinajstić information content (AvgIpc) is 2.45. The maximum absolute atomic E-state index is 11.3. The van der Waals surface area contributed by atoms with Gasteiger partial charge in [-0.05, 0) is 26.4 Å². The minimum absolute atomic E-state index is 0.165. The minimum atomic E-state index is -0.311.